The van der Waals surface area contributed by atoms with Crippen LogP contribution in [0, 0.1) is 0 Å². The van der Waals surface area contributed by atoms with Crippen LogP contribution in [0.25, 0.3) is 0 Å². The second-order valence-electron chi connectivity index (χ2n) is 3.28. The molecule has 3 nitrogen and oxygen atoms in total. The van der Waals surface area contributed by atoms with Crippen molar-refractivity contribution >= 4 is 23.1 Å². The molecule has 2 N–H and O–H groups in total. The van der Waals surface area contributed by atoms with Gasteiger partial charge in [-0.3, -0.25) is 0 Å². The number of hydrogen-bond donors (Lipinski definition) is 2. The maximum Gasteiger partial charge on any atom is 0.106 e. The fourth-order valence-corrected chi connectivity index (χ4v) is 2.98. The number of aromatic nitrogens is 1. The van der Waals surface area contributed by atoms with E-state index in [4.69, 9.17) is 0 Å². The minimum absolute atomic E-state index is 0.633. The van der Waals surface area contributed by atoms with Crippen LogP contribution in [0.15, 0.2) is 11.6 Å². The van der Waals surface area contributed by atoms with Crippen LogP contribution in [0.2, 0.25) is 0 Å². The lowest BCUT2D eigenvalue weighted by Gasteiger charge is -2.23. The standard InChI is InChI=1S/C9H15N3S2/c1-3-13-7-8(11-1)5-10-6-9-12-2-4-14-9/h2,4,8,10-11H,1,3,5-7H2. The van der Waals surface area contributed by atoms with Crippen LogP contribution in [-0.2, 0) is 6.54 Å². The third-order valence-corrected chi connectivity index (χ3v) is 4.06. The summed E-state index contributed by atoms with van der Waals surface area (Å²) in [6.45, 7) is 3.10. The molecule has 0 aromatic carbocycles. The highest BCUT2D eigenvalue weighted by molar-refractivity contribution is 7.99. The van der Waals surface area contributed by atoms with Gasteiger partial charge in [0.15, 0.2) is 0 Å². The molecule has 1 aromatic rings. The molecule has 0 amide bonds. The molecule has 1 fully saturated rings. The van der Waals surface area contributed by atoms with Gasteiger partial charge < -0.3 is 10.6 Å². The van der Waals surface area contributed by atoms with Gasteiger partial charge in [-0.15, -0.1) is 11.3 Å². The van der Waals surface area contributed by atoms with E-state index in [9.17, 15) is 0 Å². The first-order valence-corrected chi connectivity index (χ1v) is 6.89. The van der Waals surface area contributed by atoms with Crippen LogP contribution >= 0.6 is 23.1 Å². The van der Waals surface area contributed by atoms with Gasteiger partial charge in [-0.1, -0.05) is 0 Å². The molecule has 78 valence electrons. The number of nitrogens with zero attached hydrogens (tertiary/aromatic N) is 1. The van der Waals surface area contributed by atoms with E-state index in [2.05, 4.69) is 15.6 Å². The van der Waals surface area contributed by atoms with Gasteiger partial charge in [0, 0.05) is 48.8 Å². The van der Waals surface area contributed by atoms with Gasteiger partial charge in [0.2, 0.25) is 0 Å². The summed E-state index contributed by atoms with van der Waals surface area (Å²) in [5.74, 6) is 2.48. The molecule has 1 aliphatic heterocycles. The lowest BCUT2D eigenvalue weighted by molar-refractivity contribution is 0.513. The van der Waals surface area contributed by atoms with E-state index in [-0.39, 0.29) is 0 Å². The van der Waals surface area contributed by atoms with Crippen LogP contribution in [0.5, 0.6) is 0 Å². The predicted octanol–water partition coefficient (Wildman–Crippen LogP) is 0.938. The molecule has 1 aromatic heterocycles. The second kappa shape index (κ2) is 5.70. The fourth-order valence-electron chi connectivity index (χ4n) is 1.44. The fraction of sp³-hybridized carbons (Fsp3) is 0.667. The Balaban J connectivity index is 1.62. The van der Waals surface area contributed by atoms with Crippen molar-refractivity contribution in [2.75, 3.05) is 24.6 Å². The van der Waals surface area contributed by atoms with Crippen molar-refractivity contribution in [1.82, 2.24) is 15.6 Å². The average molecular weight is 229 g/mol. The maximum absolute atomic E-state index is 4.23. The van der Waals surface area contributed by atoms with Gasteiger partial charge in [0.05, 0.1) is 0 Å². The van der Waals surface area contributed by atoms with Crippen molar-refractivity contribution in [3.63, 3.8) is 0 Å². The number of nitrogens with one attached hydrogen (secondary N) is 2. The van der Waals surface area contributed by atoms with Crippen molar-refractivity contribution in [2.24, 2.45) is 0 Å². The Labute approximate surface area is 92.7 Å². The van der Waals surface area contributed by atoms with E-state index in [0.29, 0.717) is 6.04 Å². The first-order valence-electron chi connectivity index (χ1n) is 4.85. The smallest absolute Gasteiger partial charge is 0.106 e. The Morgan fingerprint density at radius 3 is 3.36 bits per heavy atom. The minimum Gasteiger partial charge on any atom is -0.311 e. The predicted molar refractivity (Wildman–Crippen MR) is 62.9 cm³/mol. The molecular formula is C9H15N3S2. The molecule has 0 aliphatic carbocycles. The summed E-state index contributed by atoms with van der Waals surface area (Å²) >= 11 is 3.75. The molecule has 1 saturated heterocycles. The summed E-state index contributed by atoms with van der Waals surface area (Å²) < 4.78 is 0. The van der Waals surface area contributed by atoms with Crippen LogP contribution in [0.3, 0.4) is 0 Å². The van der Waals surface area contributed by atoms with Crippen molar-refractivity contribution < 1.29 is 0 Å². The first-order chi connectivity index (χ1) is 6.95. The van der Waals surface area contributed by atoms with Crippen LogP contribution in [0.4, 0.5) is 0 Å². The van der Waals surface area contributed by atoms with Gasteiger partial charge in [0.1, 0.15) is 5.01 Å². The zero-order chi connectivity index (χ0) is 9.64. The first kappa shape index (κ1) is 10.4. The quantitative estimate of drug-likeness (QED) is 0.806. The lowest BCUT2D eigenvalue weighted by atomic mass is 10.3. The van der Waals surface area contributed by atoms with Gasteiger partial charge >= 0.3 is 0 Å². The zero-order valence-electron chi connectivity index (χ0n) is 8.03. The summed E-state index contributed by atoms with van der Waals surface area (Å²) in [5, 5.41) is 10.1. The highest BCUT2D eigenvalue weighted by Crippen LogP contribution is 2.07. The number of thioether (sulfide) groups is 1. The molecular weight excluding hydrogens is 214 g/mol. The summed E-state index contributed by atoms with van der Waals surface area (Å²) in [7, 11) is 0. The van der Waals surface area contributed by atoms with Crippen LogP contribution < -0.4 is 10.6 Å². The van der Waals surface area contributed by atoms with Crippen LogP contribution in [-0.4, -0.2) is 35.6 Å². The summed E-state index contributed by atoms with van der Waals surface area (Å²) in [6.07, 6.45) is 1.86. The van der Waals surface area contributed by atoms with Crippen molar-refractivity contribution in [3.8, 4) is 0 Å². The molecule has 2 rings (SSSR count). The van der Waals surface area contributed by atoms with E-state index >= 15 is 0 Å². The Kier molecular flexibility index (Phi) is 4.24. The van der Waals surface area contributed by atoms with Crippen molar-refractivity contribution in [3.05, 3.63) is 16.6 Å². The monoisotopic (exact) mass is 229 g/mol. The molecule has 1 atom stereocenters. The van der Waals surface area contributed by atoms with E-state index in [1.54, 1.807) is 11.3 Å². The molecule has 2 heterocycles. The molecule has 0 radical (unpaired) electrons. The van der Waals surface area contributed by atoms with Gasteiger partial charge in [0.25, 0.3) is 0 Å². The van der Waals surface area contributed by atoms with Gasteiger partial charge in [-0.2, -0.15) is 11.8 Å². The van der Waals surface area contributed by atoms with E-state index in [1.807, 2.05) is 23.3 Å². The highest BCUT2D eigenvalue weighted by atomic mass is 32.2. The normalized spacial score (nSPS) is 22.4. The Hall–Kier alpha value is -0.100. The maximum atomic E-state index is 4.23. The van der Waals surface area contributed by atoms with Crippen LogP contribution in [0.1, 0.15) is 5.01 Å². The topological polar surface area (TPSA) is 37.0 Å². The number of hydrogen-bond acceptors (Lipinski definition) is 5. The second-order valence-corrected chi connectivity index (χ2v) is 5.41. The molecule has 0 spiro atoms. The Morgan fingerprint density at radius 1 is 1.64 bits per heavy atom. The number of rotatable bonds is 4. The van der Waals surface area contributed by atoms with E-state index < -0.39 is 0 Å². The summed E-state index contributed by atoms with van der Waals surface area (Å²) in [4.78, 5) is 4.23. The molecule has 0 bridgehead atoms. The molecule has 1 aliphatic rings. The van der Waals surface area contributed by atoms with Gasteiger partial charge in [-0.25, -0.2) is 4.98 Å². The molecule has 5 heteroatoms. The zero-order valence-corrected chi connectivity index (χ0v) is 9.66. The van der Waals surface area contributed by atoms with E-state index in [1.165, 1.54) is 16.5 Å². The SMILES string of the molecule is c1csc(CNCC2CSCCN2)n1. The lowest BCUT2D eigenvalue weighted by Crippen LogP contribution is -2.44. The molecule has 14 heavy (non-hydrogen) atoms. The van der Waals surface area contributed by atoms with E-state index in [0.717, 1.165) is 19.6 Å². The Morgan fingerprint density at radius 2 is 2.64 bits per heavy atom. The largest absolute Gasteiger partial charge is 0.311 e. The Bertz CT molecular complexity index is 245. The number of thiazole rings is 1. The minimum atomic E-state index is 0.633. The van der Waals surface area contributed by atoms with Gasteiger partial charge in [-0.05, 0) is 0 Å². The highest BCUT2D eigenvalue weighted by Gasteiger charge is 2.11. The average Bonchev–Trinajstić information content (AvgIpc) is 2.72. The molecule has 1 unspecified atom stereocenters. The summed E-state index contributed by atoms with van der Waals surface area (Å²) in [6, 6.07) is 0.633. The summed E-state index contributed by atoms with van der Waals surface area (Å²) in [5.41, 5.74) is 0. The van der Waals surface area contributed by atoms with Crippen molar-refractivity contribution in [1.29, 1.82) is 0 Å². The molecule has 0 saturated carbocycles. The van der Waals surface area contributed by atoms with Crippen molar-refractivity contribution in [2.45, 2.75) is 12.6 Å². The third kappa shape index (κ3) is 3.24. The third-order valence-electron chi connectivity index (χ3n) is 2.15.